The zero-order chi connectivity index (χ0) is 17.8. The van der Waals surface area contributed by atoms with Gasteiger partial charge in [0.1, 0.15) is 5.76 Å². The summed E-state index contributed by atoms with van der Waals surface area (Å²) in [6.07, 6.45) is 0.735. The molecule has 0 amide bonds. The zero-order valence-electron chi connectivity index (χ0n) is 14.7. The molecule has 0 aliphatic rings. The lowest BCUT2D eigenvalue weighted by Gasteiger charge is -2.11. The fourth-order valence-electron chi connectivity index (χ4n) is 2.54. The summed E-state index contributed by atoms with van der Waals surface area (Å²) in [5.41, 5.74) is 8.43. The van der Waals surface area contributed by atoms with E-state index in [-0.39, 0.29) is 6.04 Å². The van der Waals surface area contributed by atoms with Crippen molar-refractivity contribution < 1.29 is 4.52 Å². The van der Waals surface area contributed by atoms with Crippen molar-refractivity contribution in [2.45, 2.75) is 43.1 Å². The van der Waals surface area contributed by atoms with Crippen molar-refractivity contribution in [3.63, 3.8) is 0 Å². The van der Waals surface area contributed by atoms with E-state index < -0.39 is 0 Å². The first-order chi connectivity index (χ1) is 12.0. The summed E-state index contributed by atoms with van der Waals surface area (Å²) < 4.78 is 7.29. The Labute approximate surface area is 151 Å². The van der Waals surface area contributed by atoms with Gasteiger partial charge in [0.2, 0.25) is 0 Å². The van der Waals surface area contributed by atoms with E-state index in [2.05, 4.69) is 41.3 Å². The van der Waals surface area contributed by atoms with Gasteiger partial charge in [-0.05, 0) is 12.0 Å². The SMILES string of the molecule is CC(C)c1cc(CSc2nnc([C@H](N)Cc3ccccc3)n2C)no1. The molecule has 3 rings (SSSR count). The van der Waals surface area contributed by atoms with E-state index >= 15 is 0 Å². The largest absolute Gasteiger partial charge is 0.361 e. The monoisotopic (exact) mass is 357 g/mol. The lowest BCUT2D eigenvalue weighted by Crippen LogP contribution is -2.18. The molecule has 132 valence electrons. The molecule has 0 saturated heterocycles. The second-order valence-electron chi connectivity index (χ2n) is 6.36. The Morgan fingerprint density at radius 1 is 1.20 bits per heavy atom. The molecule has 0 bridgehead atoms. The Morgan fingerprint density at radius 3 is 2.64 bits per heavy atom. The van der Waals surface area contributed by atoms with Gasteiger partial charge in [0, 0.05) is 24.8 Å². The first-order valence-electron chi connectivity index (χ1n) is 8.31. The summed E-state index contributed by atoms with van der Waals surface area (Å²) in [6.45, 7) is 4.17. The first-order valence-corrected chi connectivity index (χ1v) is 9.30. The number of hydrogen-bond donors (Lipinski definition) is 1. The summed E-state index contributed by atoms with van der Waals surface area (Å²) in [5, 5.41) is 13.5. The van der Waals surface area contributed by atoms with E-state index in [1.54, 1.807) is 11.8 Å². The van der Waals surface area contributed by atoms with Crippen LogP contribution in [0.3, 0.4) is 0 Å². The molecule has 1 aromatic carbocycles. The lowest BCUT2D eigenvalue weighted by atomic mass is 10.1. The third kappa shape index (κ3) is 4.29. The van der Waals surface area contributed by atoms with E-state index in [1.807, 2.05) is 35.9 Å². The number of benzene rings is 1. The maximum atomic E-state index is 6.33. The zero-order valence-corrected chi connectivity index (χ0v) is 15.5. The van der Waals surface area contributed by atoms with Gasteiger partial charge < -0.3 is 14.8 Å². The molecule has 3 aromatic rings. The van der Waals surface area contributed by atoms with Crippen LogP contribution < -0.4 is 5.73 Å². The maximum Gasteiger partial charge on any atom is 0.191 e. The van der Waals surface area contributed by atoms with Crippen molar-refractivity contribution in [2.24, 2.45) is 12.8 Å². The highest BCUT2D eigenvalue weighted by Gasteiger charge is 2.17. The molecule has 0 aliphatic carbocycles. The molecule has 2 N–H and O–H groups in total. The molecule has 0 saturated carbocycles. The summed E-state index contributed by atoms with van der Waals surface area (Å²) in [5.74, 6) is 2.72. The van der Waals surface area contributed by atoms with Gasteiger partial charge in [0.15, 0.2) is 11.0 Å². The second-order valence-corrected chi connectivity index (χ2v) is 7.30. The minimum absolute atomic E-state index is 0.186. The minimum atomic E-state index is -0.186. The Bertz CT molecular complexity index is 812. The van der Waals surface area contributed by atoms with Crippen molar-refractivity contribution in [1.29, 1.82) is 0 Å². The van der Waals surface area contributed by atoms with Gasteiger partial charge in [-0.3, -0.25) is 0 Å². The molecule has 0 radical (unpaired) electrons. The van der Waals surface area contributed by atoms with Crippen LogP contribution in [0.1, 0.15) is 48.6 Å². The molecule has 0 fully saturated rings. The highest BCUT2D eigenvalue weighted by atomic mass is 32.2. The third-order valence-corrected chi connectivity index (χ3v) is 5.05. The smallest absolute Gasteiger partial charge is 0.191 e. The van der Waals surface area contributed by atoms with Crippen LogP contribution in [0.15, 0.2) is 46.1 Å². The fourth-order valence-corrected chi connectivity index (χ4v) is 3.34. The normalized spacial score (nSPS) is 12.7. The Kier molecular flexibility index (Phi) is 5.55. The molecule has 0 aliphatic heterocycles. The molecular weight excluding hydrogens is 334 g/mol. The molecule has 0 unspecified atom stereocenters. The molecule has 2 heterocycles. The summed E-state index contributed by atoms with van der Waals surface area (Å²) in [4.78, 5) is 0. The quantitative estimate of drug-likeness (QED) is 0.652. The molecule has 25 heavy (non-hydrogen) atoms. The first kappa shape index (κ1) is 17.7. The maximum absolute atomic E-state index is 6.33. The van der Waals surface area contributed by atoms with Crippen molar-refractivity contribution in [2.75, 3.05) is 0 Å². The Morgan fingerprint density at radius 2 is 1.96 bits per heavy atom. The Hall–Kier alpha value is -2.12. The van der Waals surface area contributed by atoms with Crippen molar-refractivity contribution in [3.05, 3.63) is 59.2 Å². The Balaban J connectivity index is 1.64. The number of aromatic nitrogens is 4. The van der Waals surface area contributed by atoms with Crippen LogP contribution in [0.25, 0.3) is 0 Å². The van der Waals surface area contributed by atoms with Crippen molar-refractivity contribution >= 4 is 11.8 Å². The second kappa shape index (κ2) is 7.84. The van der Waals surface area contributed by atoms with Crippen LogP contribution in [0.5, 0.6) is 0 Å². The van der Waals surface area contributed by atoms with Crippen molar-refractivity contribution in [1.82, 2.24) is 19.9 Å². The molecule has 7 heteroatoms. The van der Waals surface area contributed by atoms with Crippen LogP contribution >= 0.6 is 11.8 Å². The predicted octanol–water partition coefficient (Wildman–Crippen LogP) is 3.46. The topological polar surface area (TPSA) is 82.8 Å². The number of hydrogen-bond acceptors (Lipinski definition) is 6. The van der Waals surface area contributed by atoms with Gasteiger partial charge in [-0.15, -0.1) is 10.2 Å². The van der Waals surface area contributed by atoms with Crippen LogP contribution in [0, 0.1) is 0 Å². The van der Waals surface area contributed by atoms with Crippen LogP contribution in [0.2, 0.25) is 0 Å². The molecular formula is C18H23N5OS. The van der Waals surface area contributed by atoms with Gasteiger partial charge >= 0.3 is 0 Å². The third-order valence-electron chi connectivity index (χ3n) is 3.99. The van der Waals surface area contributed by atoms with Gasteiger partial charge in [-0.25, -0.2) is 0 Å². The molecule has 1 atom stereocenters. The fraction of sp³-hybridized carbons (Fsp3) is 0.389. The summed E-state index contributed by atoms with van der Waals surface area (Å²) >= 11 is 1.58. The average molecular weight is 357 g/mol. The van der Waals surface area contributed by atoms with E-state index in [0.717, 1.165) is 28.9 Å². The highest BCUT2D eigenvalue weighted by molar-refractivity contribution is 7.98. The molecule has 6 nitrogen and oxygen atoms in total. The van der Waals surface area contributed by atoms with Crippen LogP contribution in [-0.2, 0) is 19.2 Å². The van der Waals surface area contributed by atoms with Gasteiger partial charge in [0.05, 0.1) is 11.7 Å². The molecule has 0 spiro atoms. The number of thioether (sulfide) groups is 1. The lowest BCUT2D eigenvalue weighted by molar-refractivity contribution is 0.367. The van der Waals surface area contributed by atoms with Gasteiger partial charge in [-0.2, -0.15) is 0 Å². The number of rotatable bonds is 7. The van der Waals surface area contributed by atoms with Gasteiger partial charge in [-0.1, -0.05) is 61.1 Å². The highest BCUT2D eigenvalue weighted by Crippen LogP contribution is 2.24. The summed E-state index contributed by atoms with van der Waals surface area (Å²) in [6, 6.07) is 12.0. The average Bonchev–Trinajstić information content (AvgIpc) is 3.21. The van der Waals surface area contributed by atoms with E-state index in [0.29, 0.717) is 11.7 Å². The number of nitrogens with two attached hydrogens (primary N) is 1. The van der Waals surface area contributed by atoms with E-state index in [9.17, 15) is 0 Å². The van der Waals surface area contributed by atoms with E-state index in [1.165, 1.54) is 5.56 Å². The summed E-state index contributed by atoms with van der Waals surface area (Å²) in [7, 11) is 1.95. The van der Waals surface area contributed by atoms with E-state index in [4.69, 9.17) is 10.3 Å². The van der Waals surface area contributed by atoms with Crippen molar-refractivity contribution in [3.8, 4) is 0 Å². The van der Waals surface area contributed by atoms with Crippen LogP contribution in [0.4, 0.5) is 0 Å². The standard InChI is InChI=1S/C18H23N5OS/c1-12(2)16-10-14(22-24-16)11-25-18-21-20-17(23(18)3)15(19)9-13-7-5-4-6-8-13/h4-8,10,12,15H,9,11,19H2,1-3H3/t15-/m1/s1. The van der Waals surface area contributed by atoms with Gasteiger partial charge in [0.25, 0.3) is 0 Å². The van der Waals surface area contributed by atoms with Crippen LogP contribution in [-0.4, -0.2) is 19.9 Å². The predicted molar refractivity (Wildman–Crippen MR) is 98.2 cm³/mol. The minimum Gasteiger partial charge on any atom is -0.361 e. The number of nitrogens with zero attached hydrogens (tertiary/aromatic N) is 4. The molecule has 2 aromatic heterocycles.